The lowest BCUT2D eigenvalue weighted by molar-refractivity contribution is -0.642. The van der Waals surface area contributed by atoms with E-state index in [0.29, 0.717) is 0 Å². The van der Waals surface area contributed by atoms with Crippen LogP contribution in [-0.4, -0.2) is 28.7 Å². The van der Waals surface area contributed by atoms with E-state index in [2.05, 4.69) is 22.5 Å². The number of non-ortho nitro benzene ring substituents is 1. The van der Waals surface area contributed by atoms with E-state index in [0.717, 1.165) is 34.1 Å². The number of nitro groups is 1. The maximum atomic E-state index is 10.9. The molecule has 1 aliphatic rings. The van der Waals surface area contributed by atoms with Crippen LogP contribution in [0.5, 0.6) is 0 Å². The molecule has 1 fully saturated rings. The van der Waals surface area contributed by atoms with Gasteiger partial charge in [0.25, 0.3) is 10.7 Å². The average Bonchev–Trinajstić information content (AvgIpc) is 3.04. The first-order chi connectivity index (χ1) is 10.1. The molecule has 5 nitrogen and oxygen atoms in total. The van der Waals surface area contributed by atoms with Crippen LogP contribution < -0.4 is 28.5 Å². The Bertz CT molecular complexity index is 745. The largest absolute Gasteiger partial charge is 1.00 e. The number of aromatic nitrogens is 1. The summed E-state index contributed by atoms with van der Waals surface area (Å²) in [6.07, 6.45) is 2.19. The van der Waals surface area contributed by atoms with Gasteiger partial charge in [0.05, 0.1) is 16.0 Å². The van der Waals surface area contributed by atoms with Gasteiger partial charge in [0.1, 0.15) is 11.7 Å². The van der Waals surface area contributed by atoms with E-state index < -0.39 is 0 Å². The summed E-state index contributed by atoms with van der Waals surface area (Å²) in [7, 11) is 2.01. The second kappa shape index (κ2) is 7.14. The molecule has 1 saturated heterocycles. The predicted molar refractivity (Wildman–Crippen MR) is 87.3 cm³/mol. The van der Waals surface area contributed by atoms with Crippen molar-refractivity contribution in [1.82, 2.24) is 4.90 Å². The number of hydrogen-bond acceptors (Lipinski definition) is 5. The smallest absolute Gasteiger partial charge is 0.271 e. The first kappa shape index (κ1) is 17.5. The third-order valence-electron chi connectivity index (χ3n) is 3.61. The fraction of sp³-hybridized carbons (Fsp3) is 0.357. The van der Waals surface area contributed by atoms with Crippen molar-refractivity contribution < 1.29 is 33.5 Å². The molecule has 0 unspecified atom stereocenters. The van der Waals surface area contributed by atoms with Crippen molar-refractivity contribution in [2.75, 3.05) is 18.8 Å². The highest BCUT2D eigenvalue weighted by molar-refractivity contribution is 8.03. The summed E-state index contributed by atoms with van der Waals surface area (Å²) >= 11 is 3.47. The number of fused-ring (bicyclic) bond motifs is 1. The number of benzene rings is 1. The molecule has 1 aliphatic heterocycles. The highest BCUT2D eigenvalue weighted by atomic mass is 127. The number of nitro benzene ring substituents is 1. The zero-order valence-corrected chi connectivity index (χ0v) is 16.1. The van der Waals surface area contributed by atoms with Gasteiger partial charge in [-0.3, -0.25) is 10.1 Å². The van der Waals surface area contributed by atoms with Crippen molar-refractivity contribution in [3.63, 3.8) is 0 Å². The minimum atomic E-state index is -0.344. The van der Waals surface area contributed by atoms with E-state index >= 15 is 0 Å². The lowest BCUT2D eigenvalue weighted by Crippen LogP contribution is -3.00. The van der Waals surface area contributed by atoms with Crippen LogP contribution in [0.25, 0.3) is 16.3 Å². The lowest BCUT2D eigenvalue weighted by Gasteiger charge is -2.14. The Kier molecular flexibility index (Phi) is 5.67. The molecule has 0 amide bonds. The van der Waals surface area contributed by atoms with Crippen LogP contribution >= 0.6 is 23.1 Å². The Morgan fingerprint density at radius 3 is 2.95 bits per heavy atom. The number of rotatable bonds is 3. The Morgan fingerprint density at radius 2 is 2.27 bits per heavy atom. The normalized spacial score (nSPS) is 16.3. The van der Waals surface area contributed by atoms with Gasteiger partial charge in [-0.1, -0.05) is 11.3 Å². The monoisotopic (exact) mass is 449 g/mol. The Morgan fingerprint density at radius 1 is 1.50 bits per heavy atom. The van der Waals surface area contributed by atoms with Crippen molar-refractivity contribution in [2.45, 2.75) is 6.92 Å². The molecule has 2 heterocycles. The standard InChI is InChI=1S/C14H16N3O2S2.HI/c1-3-16-6-7-20-14(16)9-13-15(2)11-5-4-10(17(18)19)8-12(11)21-13;/h4-5,8-9H,3,6-7H2,1-2H3;1H/q+1;/p-1. The second-order valence-corrected chi connectivity index (χ2v) is 7.00. The zero-order chi connectivity index (χ0) is 15.0. The Labute approximate surface area is 154 Å². The van der Waals surface area contributed by atoms with Crippen LogP contribution in [0.3, 0.4) is 0 Å². The summed E-state index contributed by atoms with van der Waals surface area (Å²) in [5, 5.41) is 13.3. The molecule has 0 aliphatic carbocycles. The van der Waals surface area contributed by atoms with Crippen LogP contribution in [0, 0.1) is 10.1 Å². The van der Waals surface area contributed by atoms with E-state index in [1.165, 1.54) is 5.03 Å². The van der Waals surface area contributed by atoms with Crippen molar-refractivity contribution >= 4 is 45.1 Å². The van der Waals surface area contributed by atoms with Gasteiger partial charge in [0.2, 0.25) is 5.52 Å². The van der Waals surface area contributed by atoms with Crippen molar-refractivity contribution in [2.24, 2.45) is 7.05 Å². The molecule has 2 aromatic rings. The van der Waals surface area contributed by atoms with Crippen LogP contribution in [0.15, 0.2) is 23.2 Å². The Hall–Kier alpha value is -0.870. The minimum absolute atomic E-state index is 0. The van der Waals surface area contributed by atoms with Crippen molar-refractivity contribution in [3.05, 3.63) is 38.4 Å². The molecule has 1 aromatic carbocycles. The van der Waals surface area contributed by atoms with E-state index in [4.69, 9.17) is 0 Å². The van der Waals surface area contributed by atoms with Crippen molar-refractivity contribution in [3.8, 4) is 0 Å². The predicted octanol–water partition coefficient (Wildman–Crippen LogP) is 0.00510. The minimum Gasteiger partial charge on any atom is -1.00 e. The molecule has 0 spiro atoms. The Balaban J connectivity index is 0.00000176. The van der Waals surface area contributed by atoms with Gasteiger partial charge in [-0.15, -0.1) is 11.8 Å². The number of hydrogen-bond donors (Lipinski definition) is 0. The van der Waals surface area contributed by atoms with Crippen LogP contribution in [-0.2, 0) is 7.05 Å². The topological polar surface area (TPSA) is 50.3 Å². The van der Waals surface area contributed by atoms with Gasteiger partial charge in [0.15, 0.2) is 0 Å². The quantitative estimate of drug-likeness (QED) is 0.287. The fourth-order valence-electron chi connectivity index (χ4n) is 2.42. The molecule has 0 radical (unpaired) electrons. The SMILES string of the molecule is CCN1CCS/C1=C/c1sc2cc([N+](=O)[O-])ccc2[n+]1C.[I-]. The summed E-state index contributed by atoms with van der Waals surface area (Å²) < 4.78 is 3.05. The third-order valence-corrected chi connectivity index (χ3v) is 5.82. The lowest BCUT2D eigenvalue weighted by atomic mass is 10.3. The van der Waals surface area contributed by atoms with Gasteiger partial charge >= 0.3 is 0 Å². The van der Waals surface area contributed by atoms with Gasteiger partial charge in [-0.25, -0.2) is 0 Å². The molecule has 0 saturated carbocycles. The third kappa shape index (κ3) is 3.23. The molecule has 0 N–H and O–H groups in total. The molecule has 3 rings (SSSR count). The zero-order valence-electron chi connectivity index (χ0n) is 12.3. The number of thioether (sulfide) groups is 1. The average molecular weight is 449 g/mol. The molecule has 8 heteroatoms. The summed E-state index contributed by atoms with van der Waals surface area (Å²) in [4.78, 5) is 12.9. The number of aryl methyl sites for hydroxylation is 1. The van der Waals surface area contributed by atoms with Crippen LogP contribution in [0.2, 0.25) is 0 Å². The molecule has 0 bridgehead atoms. The molecular weight excluding hydrogens is 433 g/mol. The molecular formula is C14H16IN3O2S2. The van der Waals surface area contributed by atoms with E-state index in [1.807, 2.05) is 24.9 Å². The molecule has 0 atom stereocenters. The fourth-order valence-corrected chi connectivity index (χ4v) is 4.73. The van der Waals surface area contributed by atoms with E-state index in [9.17, 15) is 10.1 Å². The van der Waals surface area contributed by atoms with E-state index in [1.54, 1.807) is 23.5 Å². The molecule has 22 heavy (non-hydrogen) atoms. The number of thiazole rings is 1. The van der Waals surface area contributed by atoms with Gasteiger partial charge in [-0.2, -0.15) is 4.57 Å². The second-order valence-electron chi connectivity index (χ2n) is 4.82. The number of halogens is 1. The van der Waals surface area contributed by atoms with Gasteiger partial charge in [-0.05, 0) is 6.92 Å². The number of nitrogens with zero attached hydrogens (tertiary/aromatic N) is 3. The van der Waals surface area contributed by atoms with E-state index in [-0.39, 0.29) is 34.6 Å². The maximum absolute atomic E-state index is 10.9. The maximum Gasteiger partial charge on any atom is 0.271 e. The first-order valence-electron chi connectivity index (χ1n) is 6.76. The first-order valence-corrected chi connectivity index (χ1v) is 8.56. The highest BCUT2D eigenvalue weighted by Crippen LogP contribution is 2.31. The van der Waals surface area contributed by atoms with Crippen molar-refractivity contribution in [1.29, 1.82) is 0 Å². The summed E-state index contributed by atoms with van der Waals surface area (Å²) in [6.45, 7) is 4.26. The van der Waals surface area contributed by atoms with Crippen LogP contribution in [0.4, 0.5) is 5.69 Å². The molecule has 118 valence electrons. The molecule has 1 aromatic heterocycles. The van der Waals surface area contributed by atoms with Gasteiger partial charge in [0, 0.05) is 37.0 Å². The highest BCUT2D eigenvalue weighted by Gasteiger charge is 2.22. The summed E-state index contributed by atoms with van der Waals surface area (Å²) in [5.41, 5.74) is 1.18. The summed E-state index contributed by atoms with van der Waals surface area (Å²) in [6, 6.07) is 5.04. The summed E-state index contributed by atoms with van der Waals surface area (Å²) in [5.74, 6) is 1.12. The van der Waals surface area contributed by atoms with Gasteiger partial charge < -0.3 is 28.9 Å². The van der Waals surface area contributed by atoms with Crippen LogP contribution in [0.1, 0.15) is 11.9 Å².